The smallest absolute Gasteiger partial charge is 0.336 e. The van der Waals surface area contributed by atoms with Crippen molar-refractivity contribution in [1.29, 1.82) is 0 Å². The van der Waals surface area contributed by atoms with Crippen LogP contribution in [0.2, 0.25) is 0 Å². The van der Waals surface area contributed by atoms with Crippen LogP contribution >= 0.6 is 22.6 Å². The lowest BCUT2D eigenvalue weighted by atomic mass is 9.80. The SMILES string of the molecule is CCOc1ccc([C@@H]2C(C(=O)OC)=C(C)NC3=C2C(=O)c2ccccc23)cc1I. The number of allylic oxidation sites excluding steroid dienone is 2. The van der Waals surface area contributed by atoms with Gasteiger partial charge in [0.05, 0.1) is 28.6 Å². The van der Waals surface area contributed by atoms with Crippen molar-refractivity contribution in [3.8, 4) is 5.75 Å². The topological polar surface area (TPSA) is 64.6 Å². The highest BCUT2D eigenvalue weighted by molar-refractivity contribution is 14.1. The van der Waals surface area contributed by atoms with Crippen molar-refractivity contribution in [2.45, 2.75) is 19.8 Å². The standard InChI is InChI=1S/C23H20INO4/c1-4-29-17-10-9-13(11-16(17)24)19-18(23(27)28-3)12(2)25-21-14-7-5-6-8-15(14)22(26)20(19)21/h5-11,19,25H,4H2,1-3H3/t19-/m1/s1. The number of ketones is 1. The van der Waals surface area contributed by atoms with E-state index in [1.165, 1.54) is 7.11 Å². The van der Waals surface area contributed by atoms with Gasteiger partial charge in [-0.2, -0.15) is 0 Å². The molecule has 0 saturated carbocycles. The highest BCUT2D eigenvalue weighted by Crippen LogP contribution is 2.47. The molecule has 0 unspecified atom stereocenters. The highest BCUT2D eigenvalue weighted by Gasteiger charge is 2.42. The number of rotatable bonds is 4. The van der Waals surface area contributed by atoms with E-state index in [0.29, 0.717) is 29.0 Å². The van der Waals surface area contributed by atoms with Crippen LogP contribution < -0.4 is 10.1 Å². The molecule has 0 bridgehead atoms. The van der Waals surface area contributed by atoms with Gasteiger partial charge in [0.1, 0.15) is 5.75 Å². The third-order valence-corrected chi connectivity index (χ3v) is 6.09. The fraction of sp³-hybridized carbons (Fsp3) is 0.217. The molecule has 4 rings (SSSR count). The third-order valence-electron chi connectivity index (χ3n) is 5.24. The molecule has 29 heavy (non-hydrogen) atoms. The lowest BCUT2D eigenvalue weighted by Crippen LogP contribution is -2.29. The molecular weight excluding hydrogens is 481 g/mol. The summed E-state index contributed by atoms with van der Waals surface area (Å²) in [5, 5.41) is 3.29. The normalized spacial score (nSPS) is 17.7. The summed E-state index contributed by atoms with van der Waals surface area (Å²) in [7, 11) is 1.36. The van der Waals surface area contributed by atoms with E-state index in [2.05, 4.69) is 27.9 Å². The number of ether oxygens (including phenoxy) is 2. The minimum absolute atomic E-state index is 0.0640. The fourth-order valence-electron chi connectivity index (χ4n) is 4.01. The predicted molar refractivity (Wildman–Crippen MR) is 119 cm³/mol. The minimum atomic E-state index is -0.511. The van der Waals surface area contributed by atoms with Crippen molar-refractivity contribution in [2.75, 3.05) is 13.7 Å². The number of hydrogen-bond acceptors (Lipinski definition) is 5. The zero-order valence-electron chi connectivity index (χ0n) is 16.3. The second-order valence-electron chi connectivity index (χ2n) is 6.87. The summed E-state index contributed by atoms with van der Waals surface area (Å²) in [6, 6.07) is 13.3. The molecule has 148 valence electrons. The van der Waals surface area contributed by atoms with Crippen molar-refractivity contribution in [1.82, 2.24) is 5.32 Å². The maximum Gasteiger partial charge on any atom is 0.336 e. The molecule has 1 heterocycles. The molecule has 2 aromatic carbocycles. The molecule has 0 aromatic heterocycles. The van der Waals surface area contributed by atoms with Gasteiger partial charge in [-0.1, -0.05) is 30.3 Å². The van der Waals surface area contributed by atoms with Gasteiger partial charge in [0.15, 0.2) is 5.78 Å². The molecule has 0 saturated heterocycles. The molecule has 1 aliphatic carbocycles. The number of methoxy groups -OCH3 is 1. The molecular formula is C23H20INO4. The molecule has 5 nitrogen and oxygen atoms in total. The van der Waals surface area contributed by atoms with Gasteiger partial charge in [-0.15, -0.1) is 0 Å². The highest BCUT2D eigenvalue weighted by atomic mass is 127. The molecule has 1 aliphatic heterocycles. The van der Waals surface area contributed by atoms with Gasteiger partial charge in [-0.3, -0.25) is 4.79 Å². The fourth-order valence-corrected chi connectivity index (χ4v) is 4.71. The van der Waals surface area contributed by atoms with Gasteiger partial charge in [0.2, 0.25) is 0 Å². The van der Waals surface area contributed by atoms with Gasteiger partial charge in [-0.25, -0.2) is 4.79 Å². The summed E-state index contributed by atoms with van der Waals surface area (Å²) in [4.78, 5) is 26.0. The average Bonchev–Trinajstić information content (AvgIpc) is 3.00. The van der Waals surface area contributed by atoms with Crippen LogP contribution in [-0.2, 0) is 9.53 Å². The first-order valence-corrected chi connectivity index (χ1v) is 10.4. The van der Waals surface area contributed by atoms with Crippen LogP contribution in [0.15, 0.2) is 59.3 Å². The summed E-state index contributed by atoms with van der Waals surface area (Å²) in [6.07, 6.45) is 0. The van der Waals surface area contributed by atoms with E-state index in [1.54, 1.807) is 0 Å². The minimum Gasteiger partial charge on any atom is -0.493 e. The molecule has 1 atom stereocenters. The van der Waals surface area contributed by atoms with Gasteiger partial charge in [-0.05, 0) is 54.1 Å². The van der Waals surface area contributed by atoms with E-state index in [0.717, 1.165) is 26.1 Å². The Hall–Kier alpha value is -2.61. The molecule has 0 amide bonds. The molecule has 2 aromatic rings. The number of fused-ring (bicyclic) bond motifs is 2. The van der Waals surface area contributed by atoms with Crippen molar-refractivity contribution in [2.24, 2.45) is 0 Å². The number of dihydropyridines is 1. The Morgan fingerprint density at radius 3 is 2.55 bits per heavy atom. The van der Waals surface area contributed by atoms with E-state index < -0.39 is 11.9 Å². The third kappa shape index (κ3) is 3.15. The number of nitrogens with one attached hydrogen (secondary N) is 1. The van der Waals surface area contributed by atoms with Crippen molar-refractivity contribution in [3.05, 3.63) is 79.6 Å². The van der Waals surface area contributed by atoms with E-state index in [4.69, 9.17) is 9.47 Å². The van der Waals surface area contributed by atoms with Crippen LogP contribution in [0, 0.1) is 3.57 Å². The van der Waals surface area contributed by atoms with E-state index >= 15 is 0 Å². The van der Waals surface area contributed by atoms with Crippen LogP contribution in [0.1, 0.15) is 41.3 Å². The van der Waals surface area contributed by atoms with Crippen LogP contribution in [0.3, 0.4) is 0 Å². The molecule has 1 N–H and O–H groups in total. The molecule has 0 radical (unpaired) electrons. The number of hydrogen-bond donors (Lipinski definition) is 1. The lowest BCUT2D eigenvalue weighted by molar-refractivity contribution is -0.136. The van der Waals surface area contributed by atoms with Crippen LogP contribution in [-0.4, -0.2) is 25.5 Å². The molecule has 0 spiro atoms. The van der Waals surface area contributed by atoms with Crippen LogP contribution in [0.5, 0.6) is 5.75 Å². The Morgan fingerprint density at radius 1 is 1.17 bits per heavy atom. The summed E-state index contributed by atoms with van der Waals surface area (Å²) in [5.74, 6) is -0.241. The number of halogens is 1. The maximum atomic E-state index is 13.3. The molecule has 6 heteroatoms. The van der Waals surface area contributed by atoms with Gasteiger partial charge >= 0.3 is 5.97 Å². The van der Waals surface area contributed by atoms with Crippen molar-refractivity contribution in [3.63, 3.8) is 0 Å². The Balaban J connectivity index is 1.92. The number of carbonyl (C=O) groups is 2. The Morgan fingerprint density at radius 2 is 1.90 bits per heavy atom. The monoisotopic (exact) mass is 501 g/mol. The number of esters is 1. The zero-order valence-corrected chi connectivity index (χ0v) is 18.5. The second kappa shape index (κ2) is 7.67. The first kappa shape index (κ1) is 19.7. The number of Topliss-reactive ketones (excluding diaryl/α,β-unsaturated/α-hetero) is 1. The summed E-state index contributed by atoms with van der Waals surface area (Å²) in [6.45, 7) is 4.34. The first-order chi connectivity index (χ1) is 14.0. The summed E-state index contributed by atoms with van der Waals surface area (Å²) >= 11 is 2.22. The molecule has 2 aliphatic rings. The van der Waals surface area contributed by atoms with E-state index in [-0.39, 0.29) is 5.78 Å². The quantitative estimate of drug-likeness (QED) is 0.496. The lowest BCUT2D eigenvalue weighted by Gasteiger charge is -2.29. The Kier molecular flexibility index (Phi) is 5.21. The Bertz CT molecular complexity index is 1100. The first-order valence-electron chi connectivity index (χ1n) is 9.34. The number of benzene rings is 2. The van der Waals surface area contributed by atoms with Gasteiger partial charge in [0, 0.05) is 28.3 Å². The molecule has 0 fully saturated rings. The predicted octanol–water partition coefficient (Wildman–Crippen LogP) is 4.43. The van der Waals surface area contributed by atoms with Crippen LogP contribution in [0.25, 0.3) is 5.70 Å². The van der Waals surface area contributed by atoms with Gasteiger partial charge in [0.25, 0.3) is 0 Å². The summed E-state index contributed by atoms with van der Waals surface area (Å²) < 4.78 is 11.6. The van der Waals surface area contributed by atoms with Crippen molar-refractivity contribution < 1.29 is 19.1 Å². The van der Waals surface area contributed by atoms with E-state index in [9.17, 15) is 9.59 Å². The van der Waals surface area contributed by atoms with Crippen LogP contribution in [0.4, 0.5) is 0 Å². The Labute approximate surface area is 182 Å². The van der Waals surface area contributed by atoms with Crippen molar-refractivity contribution >= 4 is 40.0 Å². The van der Waals surface area contributed by atoms with Gasteiger partial charge < -0.3 is 14.8 Å². The maximum absolute atomic E-state index is 13.3. The zero-order chi connectivity index (χ0) is 20.7. The van der Waals surface area contributed by atoms with E-state index in [1.807, 2.05) is 56.3 Å². The summed E-state index contributed by atoms with van der Waals surface area (Å²) in [5.41, 5.74) is 4.85. The average molecular weight is 501 g/mol. The largest absolute Gasteiger partial charge is 0.493 e. The number of carbonyl (C=O) groups excluding carboxylic acids is 2. The second-order valence-corrected chi connectivity index (χ2v) is 8.04.